The van der Waals surface area contributed by atoms with E-state index in [4.69, 9.17) is 10.1 Å². The van der Waals surface area contributed by atoms with Gasteiger partial charge in [0.05, 0.1) is 0 Å². The topological polar surface area (TPSA) is 65.3 Å². The lowest BCUT2D eigenvalue weighted by atomic mass is 10.0. The Bertz CT molecular complexity index is 665. The Balaban J connectivity index is 1.61. The molecule has 2 aromatic rings. The zero-order valence-electron chi connectivity index (χ0n) is 13.3. The third-order valence-corrected chi connectivity index (χ3v) is 4.50. The predicted molar refractivity (Wildman–Crippen MR) is 93.6 cm³/mol. The van der Waals surface area contributed by atoms with Crippen molar-refractivity contribution in [2.75, 3.05) is 13.2 Å². The van der Waals surface area contributed by atoms with Crippen molar-refractivity contribution < 1.29 is 9.84 Å². The minimum atomic E-state index is -0.517. The van der Waals surface area contributed by atoms with Gasteiger partial charge in [0.15, 0.2) is 0 Å². The molecule has 1 saturated carbocycles. The van der Waals surface area contributed by atoms with Gasteiger partial charge >= 0.3 is 0 Å². The van der Waals surface area contributed by atoms with E-state index in [-0.39, 0.29) is 6.61 Å². The molecule has 1 atom stereocenters. The largest absolute Gasteiger partial charge is 0.490 e. The third-order valence-electron chi connectivity index (χ3n) is 4.50. The molecule has 0 bridgehead atoms. The second-order valence-corrected chi connectivity index (χ2v) is 6.20. The first-order valence-electron chi connectivity index (χ1n) is 8.34. The van der Waals surface area contributed by atoms with Crippen LogP contribution in [0.15, 0.2) is 36.4 Å². The van der Waals surface area contributed by atoms with Gasteiger partial charge in [0.2, 0.25) is 0 Å². The zero-order chi connectivity index (χ0) is 16.1. The molecule has 23 heavy (non-hydrogen) atoms. The van der Waals surface area contributed by atoms with Crippen LogP contribution in [0.1, 0.15) is 31.2 Å². The van der Waals surface area contributed by atoms with Gasteiger partial charge in [-0.05, 0) is 30.4 Å². The summed E-state index contributed by atoms with van der Waals surface area (Å²) in [4.78, 5) is 0. The monoisotopic (exact) mass is 312 g/mol. The van der Waals surface area contributed by atoms with Crippen molar-refractivity contribution in [3.63, 3.8) is 0 Å². The SMILES string of the molecule is N=Cc1ccc(OCC(O)CNC2CCCC2)c2ccccc12. The van der Waals surface area contributed by atoms with Crippen LogP contribution in [-0.4, -0.2) is 36.6 Å². The summed E-state index contributed by atoms with van der Waals surface area (Å²) in [5, 5.41) is 23.0. The van der Waals surface area contributed by atoms with Crippen LogP contribution in [0.4, 0.5) is 0 Å². The lowest BCUT2D eigenvalue weighted by Crippen LogP contribution is -2.36. The van der Waals surface area contributed by atoms with Crippen LogP contribution in [0, 0.1) is 5.41 Å². The fraction of sp³-hybridized carbons (Fsp3) is 0.421. The number of aliphatic hydroxyl groups is 1. The first-order valence-corrected chi connectivity index (χ1v) is 8.34. The molecule has 4 nitrogen and oxygen atoms in total. The van der Waals surface area contributed by atoms with Crippen molar-refractivity contribution in [3.8, 4) is 5.75 Å². The Morgan fingerprint density at radius 2 is 1.91 bits per heavy atom. The van der Waals surface area contributed by atoms with Gasteiger partial charge in [0.1, 0.15) is 18.5 Å². The zero-order valence-corrected chi connectivity index (χ0v) is 13.3. The van der Waals surface area contributed by atoms with E-state index in [1.165, 1.54) is 31.9 Å². The fourth-order valence-corrected chi connectivity index (χ4v) is 3.22. The maximum Gasteiger partial charge on any atom is 0.127 e. The Kier molecular flexibility index (Phi) is 5.26. The number of hydrogen-bond donors (Lipinski definition) is 3. The maximum atomic E-state index is 10.1. The van der Waals surface area contributed by atoms with Gasteiger partial charge in [-0.15, -0.1) is 0 Å². The molecule has 1 aliphatic carbocycles. The van der Waals surface area contributed by atoms with Crippen molar-refractivity contribution in [3.05, 3.63) is 42.0 Å². The van der Waals surface area contributed by atoms with E-state index in [1.807, 2.05) is 36.4 Å². The Labute approximate surface area is 137 Å². The normalized spacial score (nSPS) is 16.6. The summed E-state index contributed by atoms with van der Waals surface area (Å²) < 4.78 is 5.83. The number of rotatable bonds is 7. The van der Waals surface area contributed by atoms with Crippen LogP contribution in [0.2, 0.25) is 0 Å². The standard InChI is InChI=1S/C19H24N2O2/c20-11-14-9-10-19(18-8-4-3-7-17(14)18)23-13-16(22)12-21-15-5-1-2-6-15/h3-4,7-11,15-16,20-22H,1-2,5-6,12-13H2. The summed E-state index contributed by atoms with van der Waals surface area (Å²) in [6.45, 7) is 0.842. The molecule has 3 N–H and O–H groups in total. The molecule has 0 aromatic heterocycles. The highest BCUT2D eigenvalue weighted by Gasteiger charge is 2.16. The summed E-state index contributed by atoms with van der Waals surface area (Å²) in [6.07, 6.45) is 5.83. The lowest BCUT2D eigenvalue weighted by Gasteiger charge is -2.17. The molecule has 4 heteroatoms. The van der Waals surface area contributed by atoms with E-state index < -0.39 is 6.10 Å². The van der Waals surface area contributed by atoms with Crippen LogP contribution in [0.3, 0.4) is 0 Å². The van der Waals surface area contributed by atoms with Gasteiger partial charge in [-0.25, -0.2) is 0 Å². The molecular weight excluding hydrogens is 288 g/mol. The van der Waals surface area contributed by atoms with E-state index in [2.05, 4.69) is 5.32 Å². The number of aliphatic hydroxyl groups excluding tert-OH is 1. The van der Waals surface area contributed by atoms with Gasteiger partial charge < -0.3 is 20.6 Å². The Hall–Kier alpha value is -1.91. The molecule has 2 aromatic carbocycles. The first-order chi connectivity index (χ1) is 11.3. The lowest BCUT2D eigenvalue weighted by molar-refractivity contribution is 0.104. The van der Waals surface area contributed by atoms with Crippen LogP contribution < -0.4 is 10.1 Å². The number of fused-ring (bicyclic) bond motifs is 1. The van der Waals surface area contributed by atoms with Gasteiger partial charge in [0, 0.05) is 29.8 Å². The van der Waals surface area contributed by atoms with Crippen molar-refractivity contribution in [2.45, 2.75) is 37.8 Å². The van der Waals surface area contributed by atoms with Gasteiger partial charge in [-0.2, -0.15) is 0 Å². The molecule has 1 aliphatic rings. The Morgan fingerprint density at radius 1 is 1.17 bits per heavy atom. The van der Waals surface area contributed by atoms with Gasteiger partial charge in [-0.1, -0.05) is 37.1 Å². The van der Waals surface area contributed by atoms with Crippen LogP contribution in [0.25, 0.3) is 10.8 Å². The number of benzene rings is 2. The van der Waals surface area contributed by atoms with E-state index >= 15 is 0 Å². The molecule has 1 fully saturated rings. The fourth-order valence-electron chi connectivity index (χ4n) is 3.22. The second kappa shape index (κ2) is 7.57. The predicted octanol–water partition coefficient (Wildman–Crippen LogP) is 3.11. The quantitative estimate of drug-likeness (QED) is 0.688. The minimum absolute atomic E-state index is 0.271. The number of hydrogen-bond acceptors (Lipinski definition) is 4. The highest BCUT2D eigenvalue weighted by molar-refractivity contribution is 6.01. The minimum Gasteiger partial charge on any atom is -0.490 e. The van der Waals surface area contributed by atoms with Crippen molar-refractivity contribution in [1.82, 2.24) is 5.32 Å². The molecule has 0 aliphatic heterocycles. The highest BCUT2D eigenvalue weighted by Crippen LogP contribution is 2.28. The van der Waals surface area contributed by atoms with Gasteiger partial charge in [-0.3, -0.25) is 0 Å². The van der Waals surface area contributed by atoms with E-state index in [0.717, 1.165) is 22.1 Å². The summed E-state index contributed by atoms with van der Waals surface area (Å²) in [5.41, 5.74) is 0.872. The highest BCUT2D eigenvalue weighted by atomic mass is 16.5. The maximum absolute atomic E-state index is 10.1. The second-order valence-electron chi connectivity index (χ2n) is 6.20. The molecular formula is C19H24N2O2. The van der Waals surface area contributed by atoms with Crippen molar-refractivity contribution >= 4 is 17.0 Å². The van der Waals surface area contributed by atoms with Crippen LogP contribution in [0.5, 0.6) is 5.75 Å². The average Bonchev–Trinajstić information content (AvgIpc) is 3.11. The smallest absolute Gasteiger partial charge is 0.127 e. The van der Waals surface area contributed by atoms with Crippen LogP contribution in [-0.2, 0) is 0 Å². The van der Waals surface area contributed by atoms with Crippen molar-refractivity contribution in [2.24, 2.45) is 0 Å². The third kappa shape index (κ3) is 3.89. The average molecular weight is 312 g/mol. The molecule has 1 unspecified atom stereocenters. The summed E-state index contributed by atoms with van der Waals surface area (Å²) >= 11 is 0. The molecule has 0 heterocycles. The molecule has 122 valence electrons. The van der Waals surface area contributed by atoms with Crippen molar-refractivity contribution in [1.29, 1.82) is 5.41 Å². The number of nitrogens with one attached hydrogen (secondary N) is 2. The first kappa shape index (κ1) is 16.0. The summed E-state index contributed by atoms with van der Waals surface area (Å²) in [7, 11) is 0. The van der Waals surface area contributed by atoms with E-state index in [0.29, 0.717) is 12.6 Å². The van der Waals surface area contributed by atoms with Crippen LogP contribution >= 0.6 is 0 Å². The van der Waals surface area contributed by atoms with E-state index in [9.17, 15) is 5.11 Å². The number of ether oxygens (including phenoxy) is 1. The molecule has 3 rings (SSSR count). The summed E-state index contributed by atoms with van der Waals surface area (Å²) in [6, 6.07) is 12.2. The summed E-state index contributed by atoms with van der Waals surface area (Å²) in [5.74, 6) is 0.756. The Morgan fingerprint density at radius 3 is 2.65 bits per heavy atom. The van der Waals surface area contributed by atoms with E-state index in [1.54, 1.807) is 0 Å². The molecule has 0 saturated heterocycles. The van der Waals surface area contributed by atoms with Gasteiger partial charge in [0.25, 0.3) is 0 Å². The molecule has 0 spiro atoms. The molecule has 0 amide bonds. The molecule has 0 radical (unpaired) electrons.